The maximum Gasteiger partial charge on any atom is 0.241 e. The summed E-state index contributed by atoms with van der Waals surface area (Å²) in [6, 6.07) is 0. The zero-order chi connectivity index (χ0) is 13.8. The molecular weight excluding hydrogens is 254 g/mol. The lowest BCUT2D eigenvalue weighted by Crippen LogP contribution is -2.17. The zero-order valence-electron chi connectivity index (χ0n) is 11.6. The Morgan fingerprint density at radius 2 is 2.10 bits per heavy atom. The summed E-state index contributed by atoms with van der Waals surface area (Å²) in [6.07, 6.45) is 10.5. The van der Waals surface area contributed by atoms with E-state index in [-0.39, 0.29) is 0 Å². The van der Waals surface area contributed by atoms with Crippen LogP contribution in [0.4, 0.5) is 11.9 Å². The van der Waals surface area contributed by atoms with Gasteiger partial charge in [0.15, 0.2) is 0 Å². The van der Waals surface area contributed by atoms with Crippen molar-refractivity contribution in [1.82, 2.24) is 24.5 Å². The number of rotatable bonds is 6. The van der Waals surface area contributed by atoms with E-state index in [1.54, 1.807) is 24.1 Å². The van der Waals surface area contributed by atoms with Gasteiger partial charge < -0.3 is 10.6 Å². The minimum absolute atomic E-state index is 0.551. The van der Waals surface area contributed by atoms with Gasteiger partial charge in [0.05, 0.1) is 0 Å². The van der Waals surface area contributed by atoms with Crippen LogP contribution in [0.5, 0.6) is 0 Å². The molecular formula is C13H19N7. The van der Waals surface area contributed by atoms with Crippen LogP contribution in [0.3, 0.4) is 0 Å². The van der Waals surface area contributed by atoms with E-state index < -0.39 is 0 Å². The van der Waals surface area contributed by atoms with Crippen LogP contribution in [0, 0.1) is 5.92 Å². The fourth-order valence-corrected chi connectivity index (χ4v) is 2.22. The van der Waals surface area contributed by atoms with E-state index in [9.17, 15) is 0 Å². The van der Waals surface area contributed by atoms with Gasteiger partial charge in [-0.1, -0.05) is 19.3 Å². The van der Waals surface area contributed by atoms with Gasteiger partial charge in [-0.05, 0) is 12.3 Å². The summed E-state index contributed by atoms with van der Waals surface area (Å²) in [7, 11) is 1.80. The van der Waals surface area contributed by atoms with Crippen molar-refractivity contribution in [1.29, 1.82) is 0 Å². The average Bonchev–Trinajstić information content (AvgIpc) is 2.95. The maximum atomic E-state index is 4.41. The van der Waals surface area contributed by atoms with Gasteiger partial charge in [0.25, 0.3) is 0 Å². The van der Waals surface area contributed by atoms with Crippen LogP contribution in [0.1, 0.15) is 25.7 Å². The van der Waals surface area contributed by atoms with E-state index in [4.69, 9.17) is 0 Å². The molecule has 0 unspecified atom stereocenters. The summed E-state index contributed by atoms with van der Waals surface area (Å²) in [5.74, 6) is 2.59. The van der Waals surface area contributed by atoms with Crippen molar-refractivity contribution in [3.63, 3.8) is 0 Å². The molecule has 0 aliphatic heterocycles. The average molecular weight is 273 g/mol. The number of imidazole rings is 1. The van der Waals surface area contributed by atoms with E-state index in [0.717, 1.165) is 12.5 Å². The highest BCUT2D eigenvalue weighted by Gasteiger charge is 2.16. The predicted octanol–water partition coefficient (Wildman–Crippen LogP) is 1.70. The number of nitrogens with zero attached hydrogens (tertiary/aromatic N) is 5. The molecule has 2 N–H and O–H groups in total. The molecule has 106 valence electrons. The van der Waals surface area contributed by atoms with Gasteiger partial charge in [0, 0.05) is 26.0 Å². The molecule has 0 atom stereocenters. The molecule has 2 aromatic heterocycles. The molecule has 1 saturated carbocycles. The van der Waals surface area contributed by atoms with Gasteiger partial charge in [-0.25, -0.2) is 4.98 Å². The Kier molecular flexibility index (Phi) is 3.76. The quantitative estimate of drug-likeness (QED) is 0.834. The molecule has 0 spiro atoms. The van der Waals surface area contributed by atoms with Crippen molar-refractivity contribution in [2.45, 2.75) is 25.7 Å². The van der Waals surface area contributed by atoms with Gasteiger partial charge in [-0.2, -0.15) is 15.0 Å². The lowest BCUT2D eigenvalue weighted by Gasteiger charge is -2.25. The smallest absolute Gasteiger partial charge is 0.241 e. The topological polar surface area (TPSA) is 80.5 Å². The highest BCUT2D eigenvalue weighted by Crippen LogP contribution is 2.29. The fraction of sp³-hybridized carbons (Fsp3) is 0.538. The summed E-state index contributed by atoms with van der Waals surface area (Å²) in [6.45, 7) is 0.904. The van der Waals surface area contributed by atoms with Gasteiger partial charge in [-0.15, -0.1) is 0 Å². The number of aromatic nitrogens is 5. The van der Waals surface area contributed by atoms with Gasteiger partial charge in [0.1, 0.15) is 6.33 Å². The highest BCUT2D eigenvalue weighted by atomic mass is 15.3. The minimum Gasteiger partial charge on any atom is -0.357 e. The van der Waals surface area contributed by atoms with Crippen LogP contribution < -0.4 is 10.6 Å². The Morgan fingerprint density at radius 1 is 1.25 bits per heavy atom. The second-order valence-electron chi connectivity index (χ2n) is 5.01. The molecule has 1 aliphatic carbocycles. The standard InChI is InChI=1S/C13H19N7/c1-14-11-17-12(16-6-5-10-3-2-4-10)19-13(18-11)20-8-7-15-9-20/h7-10H,2-6H2,1H3,(H2,14,16,17,18,19). The number of nitrogens with one attached hydrogen (secondary N) is 2. The molecule has 1 fully saturated rings. The molecule has 7 nitrogen and oxygen atoms in total. The van der Waals surface area contributed by atoms with Gasteiger partial charge in [0.2, 0.25) is 17.8 Å². The Balaban J connectivity index is 1.70. The number of hydrogen-bond acceptors (Lipinski definition) is 6. The monoisotopic (exact) mass is 273 g/mol. The van der Waals surface area contributed by atoms with Crippen LogP contribution >= 0.6 is 0 Å². The van der Waals surface area contributed by atoms with Crippen molar-refractivity contribution < 1.29 is 0 Å². The SMILES string of the molecule is CNc1nc(NCCC2CCC2)nc(-n2ccnc2)n1. The molecule has 20 heavy (non-hydrogen) atoms. The Morgan fingerprint density at radius 3 is 2.75 bits per heavy atom. The van der Waals surface area contributed by atoms with E-state index in [0.29, 0.717) is 17.8 Å². The van der Waals surface area contributed by atoms with E-state index in [1.807, 2.05) is 6.20 Å². The maximum absolute atomic E-state index is 4.41. The van der Waals surface area contributed by atoms with E-state index in [2.05, 4.69) is 30.6 Å². The first-order valence-corrected chi connectivity index (χ1v) is 7.01. The van der Waals surface area contributed by atoms with Crippen molar-refractivity contribution in [2.75, 3.05) is 24.2 Å². The van der Waals surface area contributed by atoms with Crippen molar-refractivity contribution in [2.24, 2.45) is 5.92 Å². The van der Waals surface area contributed by atoms with Crippen molar-refractivity contribution in [3.05, 3.63) is 18.7 Å². The van der Waals surface area contributed by atoms with Crippen LogP contribution in [0.25, 0.3) is 5.95 Å². The van der Waals surface area contributed by atoms with E-state index in [1.165, 1.54) is 25.7 Å². The molecule has 0 aromatic carbocycles. The van der Waals surface area contributed by atoms with Crippen molar-refractivity contribution >= 4 is 11.9 Å². The molecule has 0 amide bonds. The molecule has 7 heteroatoms. The molecule has 0 saturated heterocycles. The third-order valence-electron chi connectivity index (χ3n) is 3.64. The second-order valence-corrected chi connectivity index (χ2v) is 5.01. The summed E-state index contributed by atoms with van der Waals surface area (Å²) >= 11 is 0. The molecule has 3 rings (SSSR count). The molecule has 0 bridgehead atoms. The Bertz CT molecular complexity index is 548. The summed E-state index contributed by atoms with van der Waals surface area (Å²) in [5, 5.41) is 6.24. The Hall–Kier alpha value is -2.18. The molecule has 0 radical (unpaired) electrons. The number of hydrogen-bond donors (Lipinski definition) is 2. The third-order valence-corrected chi connectivity index (χ3v) is 3.64. The summed E-state index contributed by atoms with van der Waals surface area (Å²) < 4.78 is 1.76. The largest absolute Gasteiger partial charge is 0.357 e. The molecule has 2 heterocycles. The molecule has 2 aromatic rings. The summed E-state index contributed by atoms with van der Waals surface area (Å²) in [4.78, 5) is 17.1. The normalized spacial score (nSPS) is 14.8. The first-order valence-electron chi connectivity index (χ1n) is 7.01. The number of anilines is 2. The third kappa shape index (κ3) is 2.87. The fourth-order valence-electron chi connectivity index (χ4n) is 2.22. The van der Waals surface area contributed by atoms with E-state index >= 15 is 0 Å². The molecule has 1 aliphatic rings. The highest BCUT2D eigenvalue weighted by molar-refractivity contribution is 5.37. The second kappa shape index (κ2) is 5.85. The zero-order valence-corrected chi connectivity index (χ0v) is 11.6. The lowest BCUT2D eigenvalue weighted by atomic mass is 9.83. The minimum atomic E-state index is 0.551. The lowest BCUT2D eigenvalue weighted by molar-refractivity contribution is 0.303. The predicted molar refractivity (Wildman–Crippen MR) is 76.9 cm³/mol. The van der Waals surface area contributed by atoms with Crippen LogP contribution in [-0.4, -0.2) is 38.1 Å². The van der Waals surface area contributed by atoms with Gasteiger partial charge in [-0.3, -0.25) is 4.57 Å². The summed E-state index contributed by atoms with van der Waals surface area (Å²) in [5.41, 5.74) is 0. The first kappa shape index (κ1) is 12.8. The van der Waals surface area contributed by atoms with Crippen LogP contribution in [-0.2, 0) is 0 Å². The first-order chi connectivity index (χ1) is 9.85. The Labute approximate surface area is 117 Å². The van der Waals surface area contributed by atoms with Crippen LogP contribution in [0.2, 0.25) is 0 Å². The van der Waals surface area contributed by atoms with Crippen LogP contribution in [0.15, 0.2) is 18.7 Å². The van der Waals surface area contributed by atoms with Crippen molar-refractivity contribution in [3.8, 4) is 5.95 Å². The van der Waals surface area contributed by atoms with Gasteiger partial charge >= 0.3 is 0 Å².